The largest absolute Gasteiger partial charge is 0.458 e. The number of aromatic nitrogens is 1. The Labute approximate surface area is 272 Å². The summed E-state index contributed by atoms with van der Waals surface area (Å²) in [7, 11) is -2.22. The standard InChI is InChI=1S/C34H50BrFN2O5Si/c1-21(2)42-32(39)30-31(29(35)27(18-37-30)17-26-13-15-28(36)16-14-26)38(33(40)43-34(10,11)12)19-25(9)20-41-44(22(3)4,23(5)6)24(7)8/h13-16,18,21-24H,9,17,19-20H2,1-8,10-12H3. The molecule has 0 aliphatic carbocycles. The zero-order valence-electron chi connectivity index (χ0n) is 28.2. The average molecular weight is 694 g/mol. The average Bonchev–Trinajstić information content (AvgIpc) is 2.88. The van der Waals surface area contributed by atoms with Gasteiger partial charge in [-0.2, -0.15) is 0 Å². The normalized spacial score (nSPS) is 12.3. The molecule has 0 saturated carbocycles. The van der Waals surface area contributed by atoms with Gasteiger partial charge in [0.1, 0.15) is 11.4 Å². The number of benzene rings is 1. The van der Waals surface area contributed by atoms with Crippen LogP contribution in [-0.4, -0.2) is 50.2 Å². The smallest absolute Gasteiger partial charge is 0.415 e. The first kappa shape index (κ1) is 37.6. The number of pyridine rings is 1. The van der Waals surface area contributed by atoms with Gasteiger partial charge in [0.2, 0.25) is 8.32 Å². The van der Waals surface area contributed by atoms with Crippen LogP contribution in [-0.2, 0) is 20.3 Å². The molecular weight excluding hydrogens is 643 g/mol. The van der Waals surface area contributed by atoms with Crippen molar-refractivity contribution in [1.29, 1.82) is 0 Å². The summed E-state index contributed by atoms with van der Waals surface area (Å²) in [4.78, 5) is 33.1. The molecule has 1 amide bonds. The lowest BCUT2D eigenvalue weighted by Crippen LogP contribution is -2.48. The first-order valence-corrected chi connectivity index (χ1v) is 18.2. The molecule has 0 unspecified atom stereocenters. The minimum absolute atomic E-state index is 0.0237. The third-order valence-electron chi connectivity index (χ3n) is 7.41. The van der Waals surface area contributed by atoms with Crippen LogP contribution in [0.5, 0.6) is 0 Å². The Bertz CT molecular complexity index is 1280. The summed E-state index contributed by atoms with van der Waals surface area (Å²) in [5.74, 6) is -1.01. The molecule has 10 heteroatoms. The summed E-state index contributed by atoms with van der Waals surface area (Å²) in [5, 5.41) is 0. The Morgan fingerprint density at radius 2 is 1.55 bits per heavy atom. The van der Waals surface area contributed by atoms with E-state index in [9.17, 15) is 14.0 Å². The minimum Gasteiger partial charge on any atom is -0.458 e. The fourth-order valence-corrected chi connectivity index (χ4v) is 11.8. The van der Waals surface area contributed by atoms with Crippen molar-refractivity contribution in [3.05, 3.63) is 69.7 Å². The monoisotopic (exact) mass is 692 g/mol. The fourth-order valence-electron chi connectivity index (χ4n) is 5.68. The third-order valence-corrected chi connectivity index (χ3v) is 14.3. The van der Waals surface area contributed by atoms with Crippen molar-refractivity contribution in [2.75, 3.05) is 18.1 Å². The first-order valence-electron chi connectivity index (χ1n) is 15.2. The molecule has 0 spiro atoms. The lowest BCUT2D eigenvalue weighted by atomic mass is 10.0. The summed E-state index contributed by atoms with van der Waals surface area (Å²) in [6.07, 6.45) is 0.859. The van der Waals surface area contributed by atoms with Gasteiger partial charge in [0, 0.05) is 17.1 Å². The van der Waals surface area contributed by atoms with Crippen molar-refractivity contribution >= 4 is 42.0 Å². The molecule has 7 nitrogen and oxygen atoms in total. The Morgan fingerprint density at radius 3 is 2.02 bits per heavy atom. The molecule has 1 aromatic heterocycles. The van der Waals surface area contributed by atoms with E-state index in [1.807, 2.05) is 0 Å². The van der Waals surface area contributed by atoms with Crippen LogP contribution in [0.4, 0.5) is 14.9 Å². The highest BCUT2D eigenvalue weighted by atomic mass is 79.9. The predicted molar refractivity (Wildman–Crippen MR) is 181 cm³/mol. The molecule has 2 rings (SSSR count). The van der Waals surface area contributed by atoms with E-state index in [4.69, 9.17) is 13.9 Å². The Morgan fingerprint density at radius 1 is 1.00 bits per heavy atom. The number of anilines is 1. The van der Waals surface area contributed by atoms with Crippen molar-refractivity contribution in [2.24, 2.45) is 0 Å². The van der Waals surface area contributed by atoms with Crippen LogP contribution in [0.15, 0.2) is 47.1 Å². The molecule has 0 aliphatic heterocycles. The van der Waals surface area contributed by atoms with E-state index in [2.05, 4.69) is 69.0 Å². The molecule has 1 heterocycles. The fraction of sp³-hybridized carbons (Fsp3) is 0.559. The number of nitrogens with zero attached hydrogens (tertiary/aromatic N) is 2. The molecule has 0 fully saturated rings. The maximum atomic E-state index is 13.9. The van der Waals surface area contributed by atoms with Crippen molar-refractivity contribution in [2.45, 2.75) is 111 Å². The minimum atomic E-state index is -2.22. The number of esters is 1. The maximum Gasteiger partial charge on any atom is 0.415 e. The number of rotatable bonds is 13. The molecule has 0 radical (unpaired) electrons. The van der Waals surface area contributed by atoms with Gasteiger partial charge < -0.3 is 13.9 Å². The number of ether oxygens (including phenoxy) is 2. The molecule has 244 valence electrons. The second-order valence-corrected chi connectivity index (χ2v) is 19.7. The quantitative estimate of drug-likeness (QED) is 0.118. The van der Waals surface area contributed by atoms with Crippen LogP contribution in [0.3, 0.4) is 0 Å². The molecule has 0 N–H and O–H groups in total. The van der Waals surface area contributed by atoms with E-state index in [-0.39, 0.29) is 30.4 Å². The molecule has 2 aromatic rings. The van der Waals surface area contributed by atoms with Crippen molar-refractivity contribution in [3.63, 3.8) is 0 Å². The molecular formula is C34H50BrFN2O5Si. The number of amides is 1. The van der Waals surface area contributed by atoms with Crippen LogP contribution in [0, 0.1) is 5.82 Å². The zero-order valence-corrected chi connectivity index (χ0v) is 30.8. The topological polar surface area (TPSA) is 78.0 Å². The Kier molecular flexibility index (Phi) is 13.4. The second kappa shape index (κ2) is 15.6. The van der Waals surface area contributed by atoms with Crippen LogP contribution in [0.2, 0.25) is 16.6 Å². The Hall–Kier alpha value is -2.56. The second-order valence-electron chi connectivity index (χ2n) is 13.5. The molecule has 0 bridgehead atoms. The molecule has 0 atom stereocenters. The highest BCUT2D eigenvalue weighted by Crippen LogP contribution is 2.42. The zero-order chi connectivity index (χ0) is 33.6. The van der Waals surface area contributed by atoms with E-state index >= 15 is 0 Å². The van der Waals surface area contributed by atoms with Gasteiger partial charge in [0.25, 0.3) is 0 Å². The van der Waals surface area contributed by atoms with E-state index in [0.29, 0.717) is 38.7 Å². The van der Waals surface area contributed by atoms with E-state index in [1.165, 1.54) is 17.0 Å². The van der Waals surface area contributed by atoms with E-state index < -0.39 is 32.1 Å². The highest BCUT2D eigenvalue weighted by Gasteiger charge is 2.45. The summed E-state index contributed by atoms with van der Waals surface area (Å²) in [5.41, 5.74) is 2.64. The van der Waals surface area contributed by atoms with Crippen LogP contribution >= 0.6 is 15.9 Å². The van der Waals surface area contributed by atoms with Gasteiger partial charge in [0.15, 0.2) is 5.69 Å². The van der Waals surface area contributed by atoms with E-state index in [0.717, 1.165) is 5.56 Å². The number of halogens is 2. The number of hydrogen-bond donors (Lipinski definition) is 0. The lowest BCUT2D eigenvalue weighted by Gasteiger charge is -2.42. The van der Waals surface area contributed by atoms with Gasteiger partial charge in [-0.05, 0) is 96.0 Å². The van der Waals surface area contributed by atoms with Gasteiger partial charge >= 0.3 is 12.1 Å². The van der Waals surface area contributed by atoms with Gasteiger partial charge in [0.05, 0.1) is 24.9 Å². The van der Waals surface area contributed by atoms with E-state index in [1.54, 1.807) is 52.9 Å². The summed E-state index contributed by atoms with van der Waals surface area (Å²) < 4.78 is 32.2. The molecule has 44 heavy (non-hydrogen) atoms. The first-order chi connectivity index (χ1) is 20.3. The summed E-state index contributed by atoms with van der Waals surface area (Å²) >= 11 is 3.68. The number of carbonyl (C=O) groups is 2. The maximum absolute atomic E-state index is 13.9. The number of hydrogen-bond acceptors (Lipinski definition) is 6. The lowest BCUT2D eigenvalue weighted by molar-refractivity contribution is 0.0371. The highest BCUT2D eigenvalue weighted by molar-refractivity contribution is 9.10. The predicted octanol–water partition coefficient (Wildman–Crippen LogP) is 9.63. The van der Waals surface area contributed by atoms with Crippen LogP contribution in [0.1, 0.15) is 97.8 Å². The van der Waals surface area contributed by atoms with Gasteiger partial charge in [-0.25, -0.2) is 19.0 Å². The van der Waals surface area contributed by atoms with Crippen molar-refractivity contribution in [3.8, 4) is 0 Å². The third kappa shape index (κ3) is 9.72. The van der Waals surface area contributed by atoms with Crippen LogP contribution in [0.25, 0.3) is 0 Å². The Balaban J connectivity index is 2.65. The van der Waals surface area contributed by atoms with Gasteiger partial charge in [-0.3, -0.25) is 4.90 Å². The number of carbonyl (C=O) groups excluding carboxylic acids is 2. The van der Waals surface area contributed by atoms with Gasteiger partial charge in [-0.1, -0.05) is 60.3 Å². The van der Waals surface area contributed by atoms with Crippen LogP contribution < -0.4 is 4.90 Å². The SMILES string of the molecule is C=C(CO[Si](C(C)C)(C(C)C)C(C)C)CN(C(=O)OC(C)(C)C)c1c(C(=O)OC(C)C)ncc(Cc2ccc(F)cc2)c1Br. The molecule has 0 aliphatic rings. The molecule has 1 aromatic carbocycles. The van der Waals surface area contributed by atoms with Crippen molar-refractivity contribution < 1.29 is 27.9 Å². The van der Waals surface area contributed by atoms with Gasteiger partial charge in [-0.15, -0.1) is 0 Å². The van der Waals surface area contributed by atoms with Crippen molar-refractivity contribution in [1.82, 2.24) is 4.98 Å². The molecule has 0 saturated heterocycles. The summed E-state index contributed by atoms with van der Waals surface area (Å²) in [6.45, 7) is 26.7. The summed E-state index contributed by atoms with van der Waals surface area (Å²) in [6, 6.07) is 6.14.